The summed E-state index contributed by atoms with van der Waals surface area (Å²) in [7, 11) is 0. The first-order valence-electron chi connectivity index (χ1n) is 6.81. The van der Waals surface area contributed by atoms with Gasteiger partial charge in [0.1, 0.15) is 5.75 Å². The summed E-state index contributed by atoms with van der Waals surface area (Å²) in [6.07, 6.45) is 3.88. The van der Waals surface area contributed by atoms with E-state index in [1.165, 1.54) is 24.8 Å². The van der Waals surface area contributed by atoms with Gasteiger partial charge in [-0.3, -0.25) is 0 Å². The van der Waals surface area contributed by atoms with Gasteiger partial charge in [0.05, 0.1) is 6.61 Å². The van der Waals surface area contributed by atoms with Crippen molar-refractivity contribution in [1.82, 2.24) is 0 Å². The molecule has 0 spiro atoms. The van der Waals surface area contributed by atoms with Gasteiger partial charge in [-0.15, -0.1) is 0 Å². The molecule has 0 amide bonds. The van der Waals surface area contributed by atoms with Crippen LogP contribution in [0, 0.1) is 18.8 Å². The predicted octanol–water partition coefficient (Wildman–Crippen LogP) is 4.84. The van der Waals surface area contributed by atoms with E-state index in [4.69, 9.17) is 4.74 Å². The topological polar surface area (TPSA) is 9.23 Å². The molecule has 0 aliphatic carbocycles. The van der Waals surface area contributed by atoms with Crippen molar-refractivity contribution < 1.29 is 4.74 Å². The van der Waals surface area contributed by atoms with Gasteiger partial charge in [0.15, 0.2) is 0 Å². The molecule has 17 heavy (non-hydrogen) atoms. The summed E-state index contributed by atoms with van der Waals surface area (Å²) < 4.78 is 5.80. The van der Waals surface area contributed by atoms with Gasteiger partial charge in [0.2, 0.25) is 0 Å². The molecule has 0 saturated heterocycles. The minimum Gasteiger partial charge on any atom is -0.493 e. The summed E-state index contributed by atoms with van der Waals surface area (Å²) in [6.45, 7) is 9.80. The van der Waals surface area contributed by atoms with Gasteiger partial charge in [0.25, 0.3) is 0 Å². The molecule has 0 N–H and O–H groups in total. The Morgan fingerprint density at radius 2 is 1.71 bits per heavy atom. The van der Waals surface area contributed by atoms with E-state index in [2.05, 4.69) is 52.0 Å². The highest BCUT2D eigenvalue weighted by Gasteiger charge is 2.08. The lowest BCUT2D eigenvalue weighted by molar-refractivity contribution is 0.232. The Hall–Kier alpha value is -0.980. The Bertz CT molecular complexity index is 302. The molecule has 1 nitrogen and oxygen atoms in total. The van der Waals surface area contributed by atoms with Crippen molar-refractivity contribution in [3.05, 3.63) is 29.8 Å². The van der Waals surface area contributed by atoms with Crippen LogP contribution < -0.4 is 4.74 Å². The third-order valence-corrected chi connectivity index (χ3v) is 3.14. The monoisotopic (exact) mass is 234 g/mol. The standard InChI is InChI=1S/C16H26O/c1-5-6-14(3)11-15(4)12-17-16-9-7-13(2)8-10-16/h7-10,14-15H,5-6,11-12H2,1-4H3. The zero-order chi connectivity index (χ0) is 12.7. The highest BCUT2D eigenvalue weighted by atomic mass is 16.5. The summed E-state index contributed by atoms with van der Waals surface area (Å²) >= 11 is 0. The molecule has 96 valence electrons. The molecular formula is C16H26O. The first-order valence-corrected chi connectivity index (χ1v) is 6.81. The van der Waals surface area contributed by atoms with Crippen molar-refractivity contribution in [1.29, 1.82) is 0 Å². The van der Waals surface area contributed by atoms with Crippen LogP contribution in [0.5, 0.6) is 5.75 Å². The molecule has 0 bridgehead atoms. The van der Waals surface area contributed by atoms with E-state index < -0.39 is 0 Å². The van der Waals surface area contributed by atoms with E-state index in [1.807, 2.05) is 0 Å². The summed E-state index contributed by atoms with van der Waals surface area (Å²) in [5.74, 6) is 2.44. The zero-order valence-electron chi connectivity index (χ0n) is 11.7. The minimum absolute atomic E-state index is 0.637. The second-order valence-electron chi connectivity index (χ2n) is 5.36. The van der Waals surface area contributed by atoms with Gasteiger partial charge in [-0.05, 0) is 37.3 Å². The zero-order valence-corrected chi connectivity index (χ0v) is 11.7. The van der Waals surface area contributed by atoms with E-state index in [0.717, 1.165) is 18.3 Å². The van der Waals surface area contributed by atoms with E-state index in [-0.39, 0.29) is 0 Å². The van der Waals surface area contributed by atoms with Crippen LogP contribution >= 0.6 is 0 Å². The average molecular weight is 234 g/mol. The fourth-order valence-corrected chi connectivity index (χ4v) is 2.24. The Labute approximate surface area is 106 Å². The van der Waals surface area contributed by atoms with Crippen molar-refractivity contribution in [2.75, 3.05) is 6.61 Å². The van der Waals surface area contributed by atoms with E-state index in [9.17, 15) is 0 Å². The molecule has 0 heterocycles. The van der Waals surface area contributed by atoms with E-state index in [1.54, 1.807) is 0 Å². The fraction of sp³-hybridized carbons (Fsp3) is 0.625. The van der Waals surface area contributed by atoms with Crippen LogP contribution in [0.3, 0.4) is 0 Å². The number of aryl methyl sites for hydroxylation is 1. The Morgan fingerprint density at radius 1 is 1.06 bits per heavy atom. The lowest BCUT2D eigenvalue weighted by Crippen LogP contribution is -2.12. The van der Waals surface area contributed by atoms with Crippen LogP contribution in [0.1, 0.15) is 45.6 Å². The summed E-state index contributed by atoms with van der Waals surface area (Å²) in [4.78, 5) is 0. The molecule has 0 aliphatic heterocycles. The molecule has 0 fully saturated rings. The Morgan fingerprint density at radius 3 is 2.29 bits per heavy atom. The summed E-state index contributed by atoms with van der Waals surface area (Å²) in [6, 6.07) is 8.30. The smallest absolute Gasteiger partial charge is 0.119 e. The Balaban J connectivity index is 2.27. The highest BCUT2D eigenvalue weighted by Crippen LogP contribution is 2.18. The summed E-state index contributed by atoms with van der Waals surface area (Å²) in [5.41, 5.74) is 1.28. The van der Waals surface area contributed by atoms with Crippen molar-refractivity contribution in [3.8, 4) is 5.75 Å². The molecule has 0 aliphatic rings. The third-order valence-electron chi connectivity index (χ3n) is 3.14. The molecular weight excluding hydrogens is 208 g/mol. The molecule has 2 unspecified atom stereocenters. The van der Waals surface area contributed by atoms with Crippen LogP contribution in [-0.4, -0.2) is 6.61 Å². The fourth-order valence-electron chi connectivity index (χ4n) is 2.24. The van der Waals surface area contributed by atoms with Gasteiger partial charge in [0, 0.05) is 0 Å². The lowest BCUT2D eigenvalue weighted by atomic mass is 9.94. The number of ether oxygens (including phenoxy) is 1. The molecule has 1 rings (SSSR count). The van der Waals surface area contributed by atoms with Crippen molar-refractivity contribution >= 4 is 0 Å². The molecule has 0 saturated carbocycles. The minimum atomic E-state index is 0.637. The highest BCUT2D eigenvalue weighted by molar-refractivity contribution is 5.26. The molecule has 2 atom stereocenters. The largest absolute Gasteiger partial charge is 0.493 e. The van der Waals surface area contributed by atoms with Crippen LogP contribution in [-0.2, 0) is 0 Å². The average Bonchev–Trinajstić information content (AvgIpc) is 2.28. The summed E-state index contributed by atoms with van der Waals surface area (Å²) in [5, 5.41) is 0. The predicted molar refractivity (Wildman–Crippen MR) is 74.5 cm³/mol. The maximum atomic E-state index is 5.80. The quantitative estimate of drug-likeness (QED) is 0.656. The van der Waals surface area contributed by atoms with Gasteiger partial charge in [-0.2, -0.15) is 0 Å². The maximum absolute atomic E-state index is 5.80. The van der Waals surface area contributed by atoms with Crippen LogP contribution in [0.15, 0.2) is 24.3 Å². The van der Waals surface area contributed by atoms with Gasteiger partial charge in [-0.1, -0.05) is 51.3 Å². The van der Waals surface area contributed by atoms with Crippen molar-refractivity contribution in [3.63, 3.8) is 0 Å². The third kappa shape index (κ3) is 5.76. The van der Waals surface area contributed by atoms with Gasteiger partial charge >= 0.3 is 0 Å². The van der Waals surface area contributed by atoms with E-state index >= 15 is 0 Å². The number of hydrogen-bond acceptors (Lipinski definition) is 1. The first-order chi connectivity index (χ1) is 8.11. The van der Waals surface area contributed by atoms with Crippen LogP contribution in [0.25, 0.3) is 0 Å². The first kappa shape index (κ1) is 14.1. The van der Waals surface area contributed by atoms with Crippen molar-refractivity contribution in [2.45, 2.75) is 47.0 Å². The lowest BCUT2D eigenvalue weighted by Gasteiger charge is -2.17. The molecule has 1 aromatic carbocycles. The maximum Gasteiger partial charge on any atom is 0.119 e. The van der Waals surface area contributed by atoms with Crippen molar-refractivity contribution in [2.24, 2.45) is 11.8 Å². The molecule has 1 aromatic rings. The normalized spacial score (nSPS) is 14.4. The number of hydrogen-bond donors (Lipinski definition) is 0. The Kier molecular flexibility index (Phi) is 6.10. The van der Waals surface area contributed by atoms with Crippen LogP contribution in [0.2, 0.25) is 0 Å². The molecule has 1 heteroatoms. The number of benzene rings is 1. The number of rotatable bonds is 7. The molecule has 0 radical (unpaired) electrons. The van der Waals surface area contributed by atoms with Gasteiger partial charge in [-0.25, -0.2) is 0 Å². The van der Waals surface area contributed by atoms with Gasteiger partial charge < -0.3 is 4.74 Å². The molecule has 0 aromatic heterocycles. The second-order valence-corrected chi connectivity index (χ2v) is 5.36. The second kappa shape index (κ2) is 7.37. The van der Waals surface area contributed by atoms with E-state index in [0.29, 0.717) is 5.92 Å². The SMILES string of the molecule is CCCC(C)CC(C)COc1ccc(C)cc1. The van der Waals surface area contributed by atoms with Crippen LogP contribution in [0.4, 0.5) is 0 Å².